The number of hydrogen-bond acceptors (Lipinski definition) is 11. The zero-order chi connectivity index (χ0) is 82.9. The summed E-state index contributed by atoms with van der Waals surface area (Å²) in [6, 6.07) is 24.9. The molecule has 6 aromatic rings. The Labute approximate surface area is 664 Å². The first-order chi connectivity index (χ1) is 54.2. The van der Waals surface area contributed by atoms with E-state index in [1.807, 2.05) is 14.7 Å². The van der Waals surface area contributed by atoms with Crippen LogP contribution < -0.4 is 5.46 Å². The van der Waals surface area contributed by atoms with Crippen molar-refractivity contribution in [3.63, 3.8) is 0 Å². The van der Waals surface area contributed by atoms with Gasteiger partial charge in [-0.2, -0.15) is 39.5 Å². The molecule has 16 rings (SSSR count). The Bertz CT molecular complexity index is 4460. The fourth-order valence-electron chi connectivity index (χ4n) is 17.6. The highest BCUT2D eigenvalue weighted by Gasteiger charge is 2.59. The summed E-state index contributed by atoms with van der Waals surface area (Å²) in [7, 11) is -0.302. The molecule has 1 unspecified atom stereocenters. The summed E-state index contributed by atoms with van der Waals surface area (Å²) in [6.45, 7) is 14.7. The normalized spacial score (nSPS) is 24.0. The standard InChI is InChI=1S/2C26H25F4NO4.C24H34BNO4.C8H3BrF4O2/c2*27-22-17(24(33)34)7-8-18(26(28,29)30)21(22)16-5-3-15(4-6-16)19-14-25(19)9-11-31(12-10-25)23(32)20-2-1-13-35-20;1-22(2)23(3,4)30-25(29-22)18-9-7-17(8-10-18)19-16-24(19)11-13-26(14-12-24)21(27)20-6-5-15-28-20;9-5-4(8(11,12)13)2-1-3(6(5)10)7(14)15/h2*3-8,19-20H,1-2,9-14H2,(H,33,34);7-10,19-20H,5-6,11-16H2,1-4H3;1-2H,(H,14,15)/t19-,20+;19-,20-;19?,20-;/m011./s1. The molecular weight excluding hydrogens is 1590 g/mol. The number of carboxylic acids is 3. The van der Waals surface area contributed by atoms with Crippen LogP contribution in [0.1, 0.15) is 206 Å². The molecule has 3 N–H and O–H groups in total. The van der Waals surface area contributed by atoms with E-state index in [9.17, 15) is 81.5 Å². The second-order valence-electron chi connectivity index (χ2n) is 32.7. The molecule has 3 saturated carbocycles. The summed E-state index contributed by atoms with van der Waals surface area (Å²) < 4.78 is 189. The molecule has 10 aliphatic rings. The Morgan fingerprint density at radius 3 is 0.957 bits per heavy atom. The van der Waals surface area contributed by atoms with Crippen molar-refractivity contribution in [2.45, 2.75) is 190 Å². The van der Waals surface area contributed by atoms with Crippen LogP contribution in [-0.4, -0.2) is 161 Å². The average molecular weight is 1680 g/mol. The summed E-state index contributed by atoms with van der Waals surface area (Å²) in [6.07, 6.45) is -1.25. The molecule has 0 radical (unpaired) electrons. The van der Waals surface area contributed by atoms with E-state index in [0.717, 1.165) is 126 Å². The third kappa shape index (κ3) is 17.6. The van der Waals surface area contributed by atoms with Crippen molar-refractivity contribution in [3.05, 3.63) is 181 Å². The Hall–Kier alpha value is -8.36. The van der Waals surface area contributed by atoms with Crippen molar-refractivity contribution in [3.8, 4) is 22.3 Å². The fourth-order valence-corrected chi connectivity index (χ4v) is 18.2. The molecule has 6 aromatic carbocycles. The maximum absolute atomic E-state index is 14.8. The third-order valence-corrected chi connectivity index (χ3v) is 26.2. The van der Waals surface area contributed by atoms with Crippen molar-refractivity contribution >= 4 is 64.1 Å². The van der Waals surface area contributed by atoms with E-state index in [4.69, 9.17) is 38.8 Å². The number of rotatable bonds is 12. The van der Waals surface area contributed by atoms with Crippen molar-refractivity contribution in [2.75, 3.05) is 59.1 Å². The maximum Gasteiger partial charge on any atom is 0.494 e. The van der Waals surface area contributed by atoms with E-state index in [2.05, 4.69) is 67.9 Å². The van der Waals surface area contributed by atoms with Gasteiger partial charge in [0.05, 0.1) is 49.1 Å². The van der Waals surface area contributed by atoms with Crippen LogP contribution in [0.3, 0.4) is 0 Å². The van der Waals surface area contributed by atoms with Crippen molar-refractivity contribution in [1.29, 1.82) is 0 Å². The minimum atomic E-state index is -4.83. The molecule has 3 aliphatic carbocycles. The van der Waals surface area contributed by atoms with Crippen LogP contribution in [0, 0.1) is 33.7 Å². The van der Waals surface area contributed by atoms with Crippen molar-refractivity contribution < 1.29 is 120 Å². The van der Waals surface area contributed by atoms with Gasteiger partial charge < -0.3 is 53.5 Å². The Kier molecular flexibility index (Phi) is 23.9. The van der Waals surface area contributed by atoms with Gasteiger partial charge in [0.15, 0.2) is 5.82 Å². The number of carboxylic acid groups (broad SMARTS) is 3. The lowest BCUT2D eigenvalue weighted by atomic mass is 9.78. The van der Waals surface area contributed by atoms with E-state index < -0.39 is 103 Å². The summed E-state index contributed by atoms with van der Waals surface area (Å²) >= 11 is 2.38. The zero-order valence-electron chi connectivity index (χ0n) is 63.5. The van der Waals surface area contributed by atoms with Gasteiger partial charge in [-0.05, 0) is 244 Å². The van der Waals surface area contributed by atoms with Gasteiger partial charge >= 0.3 is 43.6 Å². The number of carbonyl (C=O) groups excluding carboxylic acids is 3. The van der Waals surface area contributed by atoms with Gasteiger partial charge in [0.2, 0.25) is 0 Å². The minimum Gasteiger partial charge on any atom is -0.478 e. The van der Waals surface area contributed by atoms with E-state index in [1.54, 1.807) is 24.3 Å². The molecule has 7 aliphatic heterocycles. The topological polar surface area (TPSA) is 219 Å². The second kappa shape index (κ2) is 32.5. The largest absolute Gasteiger partial charge is 0.494 e. The number of aromatic carboxylic acids is 3. The minimum absolute atomic E-state index is 0.0200. The molecule has 10 fully saturated rings. The first-order valence-electron chi connectivity index (χ1n) is 38.6. The van der Waals surface area contributed by atoms with Crippen LogP contribution in [-0.2, 0) is 56.4 Å². The van der Waals surface area contributed by atoms with Crippen LogP contribution in [0.2, 0.25) is 0 Å². The Morgan fingerprint density at radius 1 is 0.409 bits per heavy atom. The molecule has 616 valence electrons. The number of carbonyl (C=O) groups is 6. The summed E-state index contributed by atoms with van der Waals surface area (Å²) in [5, 5.41) is 26.8. The number of benzene rings is 6. The van der Waals surface area contributed by atoms with Gasteiger partial charge in [-0.3, -0.25) is 14.4 Å². The third-order valence-electron chi connectivity index (χ3n) is 25.4. The SMILES string of the molecule is CC1(C)OB(c2ccc(C3CC34CCN(C(=O)[C@H]3CCCO3)CC4)cc2)OC1(C)C.O=C(O)c1ccc(C(F)(F)F)c(-c2ccc([C@@H]3CC34CCN(C(=O)[C@H]3CCCO3)CC4)cc2)c1F.O=C(O)c1ccc(C(F)(F)F)c(-c2ccc([C@H]3CC34CCN(C(=O)[C@H]3CCCO3)CC4)cc2)c1F.O=C(O)c1ccc(C(F)(F)F)c(Br)c1F. The molecule has 0 aromatic heterocycles. The molecular formula is C84H87BBrF12N3O14. The number of amides is 3. The number of ether oxygens (including phenoxy) is 3. The van der Waals surface area contributed by atoms with E-state index in [0.29, 0.717) is 87.1 Å². The van der Waals surface area contributed by atoms with Crippen LogP contribution in [0.15, 0.2) is 114 Å². The highest BCUT2D eigenvalue weighted by atomic mass is 79.9. The monoisotopic (exact) mass is 1680 g/mol. The van der Waals surface area contributed by atoms with Crippen LogP contribution in [0.5, 0.6) is 0 Å². The molecule has 0 bridgehead atoms. The predicted octanol–water partition coefficient (Wildman–Crippen LogP) is 17.5. The number of halogens is 13. The second-order valence-corrected chi connectivity index (χ2v) is 33.5. The lowest BCUT2D eigenvalue weighted by Gasteiger charge is -2.34. The number of piperidine rings is 3. The Balaban J connectivity index is 0.000000138. The number of likely N-dealkylation sites (tertiary alicyclic amines) is 3. The highest BCUT2D eigenvalue weighted by Crippen LogP contribution is 2.67. The van der Waals surface area contributed by atoms with Crippen molar-refractivity contribution in [2.24, 2.45) is 16.2 Å². The molecule has 7 heterocycles. The molecule has 6 atom stereocenters. The van der Waals surface area contributed by atoms with E-state index >= 15 is 0 Å². The Morgan fingerprint density at radius 2 is 0.687 bits per heavy atom. The van der Waals surface area contributed by atoms with Crippen LogP contribution in [0.4, 0.5) is 52.7 Å². The molecule has 17 nitrogen and oxygen atoms in total. The van der Waals surface area contributed by atoms with Gasteiger partial charge in [0.25, 0.3) is 17.7 Å². The highest BCUT2D eigenvalue weighted by molar-refractivity contribution is 9.10. The summed E-state index contributed by atoms with van der Waals surface area (Å²) in [5.41, 5.74) is -3.32. The lowest BCUT2D eigenvalue weighted by molar-refractivity contribution is -0.143. The van der Waals surface area contributed by atoms with Gasteiger partial charge in [-0.1, -0.05) is 72.8 Å². The molecule has 115 heavy (non-hydrogen) atoms. The molecule has 3 spiro atoms. The molecule has 31 heteroatoms. The number of hydrogen-bond donors (Lipinski definition) is 3. The number of nitrogens with zero attached hydrogens (tertiary/aromatic N) is 3. The van der Waals surface area contributed by atoms with Crippen LogP contribution >= 0.6 is 15.9 Å². The first-order valence-corrected chi connectivity index (χ1v) is 39.4. The molecule has 3 amide bonds. The van der Waals surface area contributed by atoms with E-state index in [-0.39, 0.29) is 88.1 Å². The zero-order valence-corrected chi connectivity index (χ0v) is 65.1. The fraction of sp³-hybridized carbons (Fsp3) is 0.500. The summed E-state index contributed by atoms with van der Waals surface area (Å²) in [5.74, 6) is -7.69. The van der Waals surface area contributed by atoms with E-state index in [1.165, 1.54) is 36.2 Å². The average Bonchev–Trinajstić information content (AvgIpc) is 1.58. The molecule has 7 saturated heterocycles. The smallest absolute Gasteiger partial charge is 0.478 e. The summed E-state index contributed by atoms with van der Waals surface area (Å²) in [4.78, 5) is 76.5. The quantitative estimate of drug-likeness (QED) is 0.0767. The van der Waals surface area contributed by atoms with Gasteiger partial charge in [0, 0.05) is 70.2 Å². The lowest BCUT2D eigenvalue weighted by Crippen LogP contribution is -2.44. The first kappa shape index (κ1) is 84.6. The predicted molar refractivity (Wildman–Crippen MR) is 400 cm³/mol. The van der Waals surface area contributed by atoms with Crippen molar-refractivity contribution in [1.82, 2.24) is 14.7 Å². The van der Waals surface area contributed by atoms with Crippen LogP contribution in [0.25, 0.3) is 22.3 Å². The number of alkyl halides is 9. The maximum atomic E-state index is 14.8. The van der Waals surface area contributed by atoms with Gasteiger partial charge in [-0.15, -0.1) is 0 Å². The van der Waals surface area contributed by atoms with Gasteiger partial charge in [0.1, 0.15) is 29.9 Å². The van der Waals surface area contributed by atoms with Gasteiger partial charge in [-0.25, -0.2) is 27.6 Å².